The molecular formula is C18H19N3O3. The van der Waals surface area contributed by atoms with Crippen LogP contribution in [-0.2, 0) is 9.53 Å². The van der Waals surface area contributed by atoms with Crippen LogP contribution in [0.25, 0.3) is 21.7 Å². The van der Waals surface area contributed by atoms with Gasteiger partial charge in [-0.15, -0.1) is 0 Å². The molecule has 2 aromatic carbocycles. The van der Waals surface area contributed by atoms with Crippen molar-refractivity contribution in [3.8, 4) is 0 Å². The summed E-state index contributed by atoms with van der Waals surface area (Å²) in [5, 5.41) is 8.46. The second kappa shape index (κ2) is 7.14. The number of aromatic amines is 1. The Bertz CT molecular complexity index is 885. The molecule has 124 valence electrons. The first kappa shape index (κ1) is 16.0. The van der Waals surface area contributed by atoms with E-state index in [0.717, 1.165) is 21.7 Å². The van der Waals surface area contributed by atoms with E-state index in [1.807, 2.05) is 42.5 Å². The monoisotopic (exact) mass is 325 g/mol. The van der Waals surface area contributed by atoms with Gasteiger partial charge in [0.05, 0.1) is 13.2 Å². The predicted octanol–water partition coefficient (Wildman–Crippen LogP) is 1.81. The van der Waals surface area contributed by atoms with Crippen LogP contribution in [0, 0.1) is 0 Å². The number of rotatable bonds is 6. The average molecular weight is 325 g/mol. The van der Waals surface area contributed by atoms with Crippen molar-refractivity contribution in [3.05, 3.63) is 48.2 Å². The number of H-pyrrole nitrogens is 1. The zero-order valence-electron chi connectivity index (χ0n) is 13.4. The summed E-state index contributed by atoms with van der Waals surface area (Å²) >= 11 is 0. The SMILES string of the molecule is COCCNC(=O)CNC(=O)c1cc2c(ccc3ccccc32)[nH]1. The molecule has 3 aromatic rings. The molecule has 0 radical (unpaired) electrons. The van der Waals surface area contributed by atoms with E-state index < -0.39 is 0 Å². The Morgan fingerprint density at radius 1 is 1.08 bits per heavy atom. The van der Waals surface area contributed by atoms with Crippen molar-refractivity contribution in [2.24, 2.45) is 0 Å². The summed E-state index contributed by atoms with van der Waals surface area (Å²) in [6.45, 7) is 0.789. The smallest absolute Gasteiger partial charge is 0.268 e. The number of hydrogen-bond donors (Lipinski definition) is 3. The van der Waals surface area contributed by atoms with Gasteiger partial charge in [-0.2, -0.15) is 0 Å². The summed E-state index contributed by atoms with van der Waals surface area (Å²) in [4.78, 5) is 26.9. The van der Waals surface area contributed by atoms with Crippen LogP contribution in [0.15, 0.2) is 42.5 Å². The molecule has 0 aliphatic carbocycles. The highest BCUT2D eigenvalue weighted by molar-refractivity contribution is 6.10. The second-order valence-corrected chi connectivity index (χ2v) is 5.46. The Balaban J connectivity index is 1.71. The molecule has 0 unspecified atom stereocenters. The maximum absolute atomic E-state index is 12.2. The summed E-state index contributed by atoms with van der Waals surface area (Å²) < 4.78 is 4.85. The number of hydrogen-bond acceptors (Lipinski definition) is 3. The van der Waals surface area contributed by atoms with Crippen LogP contribution in [0.2, 0.25) is 0 Å². The van der Waals surface area contributed by atoms with Crippen LogP contribution in [0.3, 0.4) is 0 Å². The zero-order chi connectivity index (χ0) is 16.9. The van der Waals surface area contributed by atoms with Gasteiger partial charge >= 0.3 is 0 Å². The van der Waals surface area contributed by atoms with Gasteiger partial charge in [0, 0.05) is 24.6 Å². The van der Waals surface area contributed by atoms with Gasteiger partial charge in [-0.05, 0) is 22.9 Å². The summed E-state index contributed by atoms with van der Waals surface area (Å²) in [5.74, 6) is -0.556. The lowest BCUT2D eigenvalue weighted by atomic mass is 10.1. The highest BCUT2D eigenvalue weighted by Crippen LogP contribution is 2.25. The second-order valence-electron chi connectivity index (χ2n) is 5.46. The topological polar surface area (TPSA) is 83.2 Å². The van der Waals surface area contributed by atoms with Crippen molar-refractivity contribution in [3.63, 3.8) is 0 Å². The minimum absolute atomic E-state index is 0.0708. The molecule has 1 heterocycles. The highest BCUT2D eigenvalue weighted by Gasteiger charge is 2.12. The fraction of sp³-hybridized carbons (Fsp3) is 0.222. The Hall–Kier alpha value is -2.86. The van der Waals surface area contributed by atoms with Crippen LogP contribution in [0.5, 0.6) is 0 Å². The predicted molar refractivity (Wildman–Crippen MR) is 93.0 cm³/mol. The lowest BCUT2D eigenvalue weighted by molar-refractivity contribution is -0.120. The van der Waals surface area contributed by atoms with Crippen LogP contribution < -0.4 is 10.6 Å². The number of carbonyl (C=O) groups is 2. The molecule has 1 aromatic heterocycles. The van der Waals surface area contributed by atoms with Crippen LogP contribution in [0.4, 0.5) is 0 Å². The summed E-state index contributed by atoms with van der Waals surface area (Å²) in [5.41, 5.74) is 1.33. The van der Waals surface area contributed by atoms with Gasteiger partial charge in [-0.25, -0.2) is 0 Å². The molecule has 0 saturated carbocycles. The van der Waals surface area contributed by atoms with Gasteiger partial charge in [0.2, 0.25) is 5.91 Å². The van der Waals surface area contributed by atoms with Crippen molar-refractivity contribution in [1.82, 2.24) is 15.6 Å². The van der Waals surface area contributed by atoms with E-state index in [0.29, 0.717) is 18.8 Å². The van der Waals surface area contributed by atoms with E-state index in [-0.39, 0.29) is 18.4 Å². The Labute approximate surface area is 139 Å². The molecule has 6 nitrogen and oxygen atoms in total. The fourth-order valence-corrected chi connectivity index (χ4v) is 2.62. The number of nitrogens with one attached hydrogen (secondary N) is 3. The molecule has 0 fully saturated rings. The van der Waals surface area contributed by atoms with Gasteiger partial charge in [0.25, 0.3) is 5.91 Å². The van der Waals surface area contributed by atoms with Gasteiger partial charge in [-0.3, -0.25) is 9.59 Å². The molecule has 24 heavy (non-hydrogen) atoms. The van der Waals surface area contributed by atoms with E-state index >= 15 is 0 Å². The molecule has 0 saturated heterocycles. The van der Waals surface area contributed by atoms with Crippen molar-refractivity contribution >= 4 is 33.5 Å². The molecular weight excluding hydrogens is 306 g/mol. The van der Waals surface area contributed by atoms with Gasteiger partial charge in [0.15, 0.2) is 0 Å². The number of benzene rings is 2. The summed E-state index contributed by atoms with van der Waals surface area (Å²) in [6, 6.07) is 13.8. The maximum atomic E-state index is 12.2. The van der Waals surface area contributed by atoms with E-state index in [4.69, 9.17) is 4.74 Å². The highest BCUT2D eigenvalue weighted by atomic mass is 16.5. The van der Waals surface area contributed by atoms with Crippen LogP contribution >= 0.6 is 0 Å². The first-order valence-electron chi connectivity index (χ1n) is 7.73. The minimum Gasteiger partial charge on any atom is -0.383 e. The number of aromatic nitrogens is 1. The first-order valence-corrected chi connectivity index (χ1v) is 7.73. The molecule has 6 heteroatoms. The molecule has 0 bridgehead atoms. The van der Waals surface area contributed by atoms with Gasteiger partial charge in [-0.1, -0.05) is 30.3 Å². The Kier molecular flexibility index (Phi) is 4.77. The minimum atomic E-state index is -0.308. The molecule has 0 atom stereocenters. The third kappa shape index (κ3) is 3.38. The van der Waals surface area contributed by atoms with Gasteiger partial charge in [0.1, 0.15) is 5.69 Å². The van der Waals surface area contributed by atoms with E-state index in [9.17, 15) is 9.59 Å². The largest absolute Gasteiger partial charge is 0.383 e. The van der Waals surface area contributed by atoms with E-state index in [1.165, 1.54) is 0 Å². The lowest BCUT2D eigenvalue weighted by Crippen LogP contribution is -2.38. The number of ether oxygens (including phenoxy) is 1. The van der Waals surface area contributed by atoms with Crippen LogP contribution in [0.1, 0.15) is 10.5 Å². The Morgan fingerprint density at radius 2 is 1.92 bits per heavy atom. The van der Waals surface area contributed by atoms with Crippen molar-refractivity contribution in [2.75, 3.05) is 26.8 Å². The van der Waals surface area contributed by atoms with E-state index in [1.54, 1.807) is 7.11 Å². The fourth-order valence-electron chi connectivity index (χ4n) is 2.62. The number of amides is 2. The molecule has 3 rings (SSSR count). The van der Waals surface area contributed by atoms with Crippen LogP contribution in [-0.4, -0.2) is 43.6 Å². The average Bonchev–Trinajstić information content (AvgIpc) is 3.05. The third-order valence-electron chi connectivity index (χ3n) is 3.81. The normalized spacial score (nSPS) is 10.9. The maximum Gasteiger partial charge on any atom is 0.268 e. The van der Waals surface area contributed by atoms with Gasteiger partial charge < -0.3 is 20.4 Å². The molecule has 0 aliphatic rings. The summed E-state index contributed by atoms with van der Waals surface area (Å²) in [6.07, 6.45) is 0. The first-order chi connectivity index (χ1) is 11.7. The van der Waals surface area contributed by atoms with Crippen molar-refractivity contribution in [1.29, 1.82) is 0 Å². The third-order valence-corrected chi connectivity index (χ3v) is 3.81. The lowest BCUT2D eigenvalue weighted by Gasteiger charge is -2.05. The Morgan fingerprint density at radius 3 is 2.75 bits per heavy atom. The van der Waals surface area contributed by atoms with Crippen molar-refractivity contribution in [2.45, 2.75) is 0 Å². The molecule has 2 amide bonds. The standard InChI is InChI=1S/C18H19N3O3/c1-24-9-8-19-17(22)11-20-18(23)16-10-14-13-5-3-2-4-12(13)6-7-15(14)21-16/h2-7,10,21H,8-9,11H2,1H3,(H,19,22)(H,20,23). The number of carbonyl (C=O) groups excluding carboxylic acids is 2. The number of fused-ring (bicyclic) bond motifs is 3. The quantitative estimate of drug-likeness (QED) is 0.605. The van der Waals surface area contributed by atoms with Crippen molar-refractivity contribution < 1.29 is 14.3 Å². The van der Waals surface area contributed by atoms with E-state index in [2.05, 4.69) is 15.6 Å². The number of methoxy groups -OCH3 is 1. The zero-order valence-corrected chi connectivity index (χ0v) is 13.4. The summed E-state index contributed by atoms with van der Waals surface area (Å²) in [7, 11) is 1.56. The molecule has 0 spiro atoms. The molecule has 0 aliphatic heterocycles. The molecule has 3 N–H and O–H groups in total.